The Bertz CT molecular complexity index is 804. The van der Waals surface area contributed by atoms with Crippen LogP contribution in [0.5, 0.6) is 0 Å². The third-order valence-electron chi connectivity index (χ3n) is 3.97. The van der Waals surface area contributed by atoms with Crippen molar-refractivity contribution < 1.29 is 24.5 Å². The van der Waals surface area contributed by atoms with Crippen LogP contribution >= 0.6 is 11.3 Å². The highest BCUT2D eigenvalue weighted by Gasteiger charge is 2.44. The Kier molecular flexibility index (Phi) is 5.77. The molecule has 0 saturated heterocycles. The minimum Gasteiger partial charge on any atom is -0.503 e. The van der Waals surface area contributed by atoms with Crippen molar-refractivity contribution in [2.45, 2.75) is 6.04 Å². The largest absolute Gasteiger partial charge is 0.503 e. The number of hydrogen-bond donors (Lipinski definition) is 2. The second-order valence-electron chi connectivity index (χ2n) is 5.56. The van der Waals surface area contributed by atoms with E-state index in [1.54, 1.807) is 41.9 Å². The predicted octanol–water partition coefficient (Wildman–Crippen LogP) is 1.73. The fraction of sp³-hybridized carbons (Fsp3) is 0.278. The van der Waals surface area contributed by atoms with Crippen molar-refractivity contribution in [3.05, 3.63) is 63.8 Å². The number of aliphatic hydroxyl groups is 2. The van der Waals surface area contributed by atoms with Crippen molar-refractivity contribution in [3.63, 3.8) is 0 Å². The quantitative estimate of drug-likeness (QED) is 0.539. The number of aromatic nitrogens is 1. The van der Waals surface area contributed by atoms with Gasteiger partial charge in [0.05, 0.1) is 36.0 Å². The number of aliphatic hydroxyl groups excluding tert-OH is 2. The van der Waals surface area contributed by atoms with Gasteiger partial charge in [-0.1, -0.05) is 12.1 Å². The molecule has 2 N–H and O–H groups in total. The van der Waals surface area contributed by atoms with Crippen LogP contribution in [-0.2, 0) is 9.53 Å². The molecule has 1 amide bonds. The molecule has 0 unspecified atom stereocenters. The molecule has 1 aliphatic heterocycles. The Morgan fingerprint density at radius 3 is 2.77 bits per heavy atom. The summed E-state index contributed by atoms with van der Waals surface area (Å²) in [6.45, 7) is 0.356. The highest BCUT2D eigenvalue weighted by Crippen LogP contribution is 2.38. The van der Waals surface area contributed by atoms with Crippen LogP contribution in [-0.4, -0.2) is 58.2 Å². The normalized spacial score (nSPS) is 17.2. The molecule has 7 nitrogen and oxygen atoms in total. The Morgan fingerprint density at radius 1 is 1.27 bits per heavy atom. The SMILES string of the molecule is O=C(C1=C(O)C(=O)N(CCOCCO)[C@@H]1c1ccccn1)c1cccs1. The van der Waals surface area contributed by atoms with Gasteiger partial charge in [-0.25, -0.2) is 0 Å². The smallest absolute Gasteiger partial charge is 0.290 e. The lowest BCUT2D eigenvalue weighted by Gasteiger charge is -2.25. The number of ketones is 1. The van der Waals surface area contributed by atoms with Gasteiger partial charge in [-0.3, -0.25) is 14.6 Å². The second-order valence-corrected chi connectivity index (χ2v) is 6.51. The van der Waals surface area contributed by atoms with Crippen molar-refractivity contribution in [1.29, 1.82) is 0 Å². The molecule has 1 atom stereocenters. The summed E-state index contributed by atoms with van der Waals surface area (Å²) in [4.78, 5) is 31.5. The third-order valence-corrected chi connectivity index (χ3v) is 4.84. The van der Waals surface area contributed by atoms with Gasteiger partial charge in [0.1, 0.15) is 6.04 Å². The number of thiophene rings is 1. The Morgan fingerprint density at radius 2 is 2.12 bits per heavy atom. The summed E-state index contributed by atoms with van der Waals surface area (Å²) in [5, 5.41) is 21.0. The molecule has 1 aliphatic rings. The first-order valence-corrected chi connectivity index (χ1v) is 8.95. The molecule has 0 radical (unpaired) electrons. The molecule has 0 fully saturated rings. The minimum atomic E-state index is -0.781. The van der Waals surface area contributed by atoms with E-state index in [-0.39, 0.29) is 37.7 Å². The number of rotatable bonds is 8. The summed E-state index contributed by atoms with van der Waals surface area (Å²) in [5.74, 6) is -1.57. The van der Waals surface area contributed by atoms with Crippen LogP contribution in [0.4, 0.5) is 0 Å². The van der Waals surface area contributed by atoms with E-state index in [0.29, 0.717) is 10.6 Å². The molecule has 2 aromatic heterocycles. The molecule has 0 bridgehead atoms. The molecular weight excluding hydrogens is 356 g/mol. The van der Waals surface area contributed by atoms with Gasteiger partial charge in [-0.05, 0) is 23.6 Å². The number of hydrogen-bond acceptors (Lipinski definition) is 7. The molecular formula is C18H18N2O5S. The topological polar surface area (TPSA) is 100.0 Å². The molecule has 3 rings (SSSR count). The lowest BCUT2D eigenvalue weighted by Crippen LogP contribution is -2.34. The molecule has 0 aliphatic carbocycles. The average Bonchev–Trinajstić information content (AvgIpc) is 3.28. The first-order valence-electron chi connectivity index (χ1n) is 8.07. The summed E-state index contributed by atoms with van der Waals surface area (Å²) in [7, 11) is 0. The number of pyridine rings is 1. The van der Waals surface area contributed by atoms with Gasteiger partial charge < -0.3 is 19.8 Å². The van der Waals surface area contributed by atoms with Crippen LogP contribution in [0.3, 0.4) is 0 Å². The zero-order valence-electron chi connectivity index (χ0n) is 13.9. The number of Topliss-reactive ketones (excluding diaryl/α,β-unsaturated/α-hetero) is 1. The monoisotopic (exact) mass is 374 g/mol. The summed E-state index contributed by atoms with van der Waals surface area (Å²) >= 11 is 1.25. The van der Waals surface area contributed by atoms with Crippen molar-refractivity contribution in [2.24, 2.45) is 0 Å². The minimum absolute atomic E-state index is 0.0262. The van der Waals surface area contributed by atoms with E-state index in [1.807, 2.05) is 0 Å². The van der Waals surface area contributed by atoms with Crippen molar-refractivity contribution in [1.82, 2.24) is 9.88 Å². The van der Waals surface area contributed by atoms with Gasteiger partial charge in [0.15, 0.2) is 5.76 Å². The second kappa shape index (κ2) is 8.22. The van der Waals surface area contributed by atoms with Crippen LogP contribution in [0.15, 0.2) is 53.2 Å². The average molecular weight is 374 g/mol. The Balaban J connectivity index is 1.95. The van der Waals surface area contributed by atoms with Crippen LogP contribution in [0.2, 0.25) is 0 Å². The molecule has 0 aromatic carbocycles. The van der Waals surface area contributed by atoms with E-state index in [2.05, 4.69) is 4.98 Å². The molecule has 2 aromatic rings. The van der Waals surface area contributed by atoms with Crippen molar-refractivity contribution in [2.75, 3.05) is 26.4 Å². The van der Waals surface area contributed by atoms with Crippen LogP contribution in [0.25, 0.3) is 0 Å². The number of ether oxygens (including phenoxy) is 1. The molecule has 0 saturated carbocycles. The maximum Gasteiger partial charge on any atom is 0.290 e. The fourth-order valence-corrected chi connectivity index (χ4v) is 3.51. The standard InChI is InChI=1S/C18H18N2O5S/c21-8-10-25-9-7-20-15(12-4-1-2-6-19-12)14(17(23)18(20)24)16(22)13-5-3-11-26-13/h1-6,11,15,21,23H,7-10H2/t15-/m1/s1. The van der Waals surface area contributed by atoms with Gasteiger partial charge in [0.2, 0.25) is 5.78 Å². The van der Waals surface area contributed by atoms with Crippen LogP contribution in [0, 0.1) is 0 Å². The van der Waals surface area contributed by atoms with E-state index in [9.17, 15) is 14.7 Å². The van der Waals surface area contributed by atoms with Gasteiger partial charge in [-0.15, -0.1) is 11.3 Å². The van der Waals surface area contributed by atoms with Crippen molar-refractivity contribution >= 4 is 23.0 Å². The number of nitrogens with zero attached hydrogens (tertiary/aromatic N) is 2. The summed E-state index contributed by atoms with van der Waals surface area (Å²) in [6.07, 6.45) is 1.57. The predicted molar refractivity (Wildman–Crippen MR) is 94.9 cm³/mol. The zero-order chi connectivity index (χ0) is 18.5. The lowest BCUT2D eigenvalue weighted by molar-refractivity contribution is -0.130. The van der Waals surface area contributed by atoms with E-state index in [4.69, 9.17) is 9.84 Å². The maximum atomic E-state index is 12.9. The Labute approximate surface area is 154 Å². The molecule has 26 heavy (non-hydrogen) atoms. The van der Waals surface area contributed by atoms with E-state index in [1.165, 1.54) is 16.2 Å². The number of carbonyl (C=O) groups excluding carboxylic acids is 2. The van der Waals surface area contributed by atoms with Crippen molar-refractivity contribution in [3.8, 4) is 0 Å². The summed E-state index contributed by atoms with van der Waals surface area (Å²) < 4.78 is 5.23. The lowest BCUT2D eigenvalue weighted by atomic mass is 9.99. The molecule has 136 valence electrons. The zero-order valence-corrected chi connectivity index (χ0v) is 14.7. The molecule has 3 heterocycles. The highest BCUT2D eigenvalue weighted by molar-refractivity contribution is 7.12. The summed E-state index contributed by atoms with van der Waals surface area (Å²) in [6, 6.07) is 7.81. The Hall–Kier alpha value is -2.55. The van der Waals surface area contributed by atoms with E-state index < -0.39 is 17.7 Å². The molecule has 0 spiro atoms. The van der Waals surface area contributed by atoms with E-state index >= 15 is 0 Å². The van der Waals surface area contributed by atoms with E-state index in [0.717, 1.165) is 0 Å². The third kappa shape index (κ3) is 3.52. The maximum absolute atomic E-state index is 12.9. The fourth-order valence-electron chi connectivity index (χ4n) is 2.83. The first kappa shape index (κ1) is 18.2. The molecule has 8 heteroatoms. The van der Waals surface area contributed by atoms with Crippen LogP contribution in [0.1, 0.15) is 21.4 Å². The number of amides is 1. The van der Waals surface area contributed by atoms with Crippen LogP contribution < -0.4 is 0 Å². The summed E-state index contributed by atoms with van der Waals surface area (Å²) in [5.41, 5.74) is 0.519. The van der Waals surface area contributed by atoms with Gasteiger partial charge in [-0.2, -0.15) is 0 Å². The van der Waals surface area contributed by atoms with Gasteiger partial charge in [0, 0.05) is 12.7 Å². The first-order chi connectivity index (χ1) is 12.6. The number of carbonyl (C=O) groups is 2. The van der Waals surface area contributed by atoms with Gasteiger partial charge >= 0.3 is 0 Å². The highest BCUT2D eigenvalue weighted by atomic mass is 32.1. The van der Waals surface area contributed by atoms with Gasteiger partial charge in [0.25, 0.3) is 5.91 Å².